The number of benzene rings is 1. The van der Waals surface area contributed by atoms with E-state index in [1.165, 1.54) is 18.3 Å². The summed E-state index contributed by atoms with van der Waals surface area (Å²) in [5, 5.41) is 8.41. The summed E-state index contributed by atoms with van der Waals surface area (Å²) in [6, 6.07) is 2.13. The number of urea groups is 1. The minimum Gasteiger partial charge on any atom is -0.379 e. The molecule has 2 saturated heterocycles. The first-order chi connectivity index (χ1) is 14.9. The zero-order chi connectivity index (χ0) is 22.0. The maximum atomic E-state index is 14.4. The summed E-state index contributed by atoms with van der Waals surface area (Å²) in [4.78, 5) is 43.0. The molecule has 4 amide bonds. The number of amides is 4. The average molecular weight is 447 g/mol. The third-order valence-electron chi connectivity index (χ3n) is 5.16. The second kappa shape index (κ2) is 8.98. The predicted molar refractivity (Wildman–Crippen MR) is 113 cm³/mol. The van der Waals surface area contributed by atoms with Gasteiger partial charge in [0.1, 0.15) is 10.7 Å². The maximum Gasteiger partial charge on any atom is 0.323 e. The molecule has 2 aromatic rings. The van der Waals surface area contributed by atoms with E-state index >= 15 is 0 Å². The van der Waals surface area contributed by atoms with Gasteiger partial charge in [0.2, 0.25) is 0 Å². The van der Waals surface area contributed by atoms with E-state index in [2.05, 4.69) is 20.9 Å². The van der Waals surface area contributed by atoms with Gasteiger partial charge in [-0.3, -0.25) is 14.9 Å². The Bertz CT molecular complexity index is 1020. The zero-order valence-electron chi connectivity index (χ0n) is 16.9. The molecular weight excluding hydrogens is 425 g/mol. The van der Waals surface area contributed by atoms with Gasteiger partial charge in [-0.2, -0.15) is 0 Å². The molecule has 9 nitrogen and oxygen atoms in total. The molecule has 2 aliphatic heterocycles. The molecule has 0 radical (unpaired) electrons. The number of hydrogen-bond acceptors (Lipinski definition) is 6. The van der Waals surface area contributed by atoms with E-state index in [1.54, 1.807) is 11.8 Å². The molecule has 11 heteroatoms. The SMILES string of the molecule is Cc1cc(F)c(C(=O)N[C@H]2CCOC2)cc1NC(=O)c1cnc(NC(=O)N2CCC2)s1. The van der Waals surface area contributed by atoms with Gasteiger partial charge in [-0.1, -0.05) is 11.3 Å². The molecule has 0 bridgehead atoms. The summed E-state index contributed by atoms with van der Waals surface area (Å²) in [5.41, 5.74) is 0.640. The van der Waals surface area contributed by atoms with Gasteiger partial charge >= 0.3 is 6.03 Å². The van der Waals surface area contributed by atoms with Crippen LogP contribution in [0.4, 0.5) is 20.0 Å². The lowest BCUT2D eigenvalue weighted by molar-refractivity contribution is 0.0924. The highest BCUT2D eigenvalue weighted by atomic mass is 32.1. The Morgan fingerprint density at radius 2 is 2.03 bits per heavy atom. The van der Waals surface area contributed by atoms with E-state index in [0.717, 1.165) is 17.8 Å². The Morgan fingerprint density at radius 1 is 1.23 bits per heavy atom. The fourth-order valence-electron chi connectivity index (χ4n) is 3.20. The molecule has 31 heavy (non-hydrogen) atoms. The molecule has 2 fully saturated rings. The van der Waals surface area contributed by atoms with Gasteiger partial charge in [0.25, 0.3) is 11.8 Å². The molecule has 4 rings (SSSR count). The zero-order valence-corrected chi connectivity index (χ0v) is 17.7. The summed E-state index contributed by atoms with van der Waals surface area (Å²) in [5.74, 6) is -1.69. The summed E-state index contributed by atoms with van der Waals surface area (Å²) >= 11 is 1.03. The number of thiazole rings is 1. The first kappa shape index (κ1) is 21.2. The van der Waals surface area contributed by atoms with Crippen LogP contribution in [0.1, 0.15) is 38.4 Å². The van der Waals surface area contributed by atoms with Crippen molar-refractivity contribution in [2.75, 3.05) is 36.9 Å². The number of carbonyl (C=O) groups is 3. The van der Waals surface area contributed by atoms with Crippen LogP contribution >= 0.6 is 11.3 Å². The standard InChI is InChI=1S/C20H22FN5O4S/c1-11-7-14(21)13(17(27)23-12-3-6-30-10-12)8-15(11)24-18(28)16-9-22-19(31-16)25-20(29)26-4-2-5-26/h7-9,12H,2-6,10H2,1H3,(H,23,27)(H,24,28)(H,22,25,29)/t12-/m0/s1. The van der Waals surface area contributed by atoms with Crippen LogP contribution in [0.5, 0.6) is 0 Å². The molecule has 3 heterocycles. The van der Waals surface area contributed by atoms with Crippen molar-refractivity contribution < 1.29 is 23.5 Å². The lowest BCUT2D eigenvalue weighted by Crippen LogP contribution is -2.44. The lowest BCUT2D eigenvalue weighted by atomic mass is 10.1. The molecule has 0 unspecified atom stereocenters. The Morgan fingerprint density at radius 3 is 2.71 bits per heavy atom. The number of aromatic nitrogens is 1. The van der Waals surface area contributed by atoms with Gasteiger partial charge in [-0.05, 0) is 37.5 Å². The highest BCUT2D eigenvalue weighted by Gasteiger charge is 2.23. The molecule has 164 valence electrons. The van der Waals surface area contributed by atoms with E-state index in [9.17, 15) is 18.8 Å². The van der Waals surface area contributed by atoms with Crippen molar-refractivity contribution in [3.05, 3.63) is 40.2 Å². The summed E-state index contributed by atoms with van der Waals surface area (Å²) in [6.45, 7) is 4.00. The molecular formula is C20H22FN5O4S. The normalized spacial score (nSPS) is 17.7. The number of carbonyl (C=O) groups excluding carboxylic acids is 3. The number of anilines is 2. The van der Waals surface area contributed by atoms with Crippen LogP contribution in [0.3, 0.4) is 0 Å². The topological polar surface area (TPSA) is 113 Å². The van der Waals surface area contributed by atoms with Gasteiger partial charge in [0.05, 0.1) is 24.4 Å². The van der Waals surface area contributed by atoms with Gasteiger partial charge in [0.15, 0.2) is 5.13 Å². The van der Waals surface area contributed by atoms with E-state index in [-0.39, 0.29) is 22.5 Å². The third-order valence-corrected chi connectivity index (χ3v) is 6.07. The van der Waals surface area contributed by atoms with E-state index < -0.39 is 17.6 Å². The summed E-state index contributed by atoms with van der Waals surface area (Å²) in [7, 11) is 0. The van der Waals surface area contributed by atoms with Crippen LogP contribution < -0.4 is 16.0 Å². The number of hydrogen-bond donors (Lipinski definition) is 3. The molecule has 0 aliphatic carbocycles. The first-order valence-corrected chi connectivity index (χ1v) is 10.7. The Balaban J connectivity index is 1.43. The maximum absolute atomic E-state index is 14.4. The van der Waals surface area contributed by atoms with Crippen LogP contribution in [0, 0.1) is 12.7 Å². The predicted octanol–water partition coefficient (Wildman–Crippen LogP) is 2.60. The van der Waals surface area contributed by atoms with Crippen molar-refractivity contribution in [1.29, 1.82) is 0 Å². The van der Waals surface area contributed by atoms with E-state index in [1.807, 2.05) is 0 Å². The molecule has 3 N–H and O–H groups in total. The molecule has 1 aromatic carbocycles. The molecule has 1 aromatic heterocycles. The Kier molecular flexibility index (Phi) is 6.14. The number of nitrogens with one attached hydrogen (secondary N) is 3. The number of aryl methyl sites for hydroxylation is 1. The quantitative estimate of drug-likeness (QED) is 0.652. The van der Waals surface area contributed by atoms with E-state index in [0.29, 0.717) is 49.1 Å². The monoisotopic (exact) mass is 447 g/mol. The summed E-state index contributed by atoms with van der Waals surface area (Å²) < 4.78 is 19.6. The van der Waals surface area contributed by atoms with Crippen LogP contribution in [-0.4, -0.2) is 60.1 Å². The second-order valence-corrected chi connectivity index (χ2v) is 8.47. The number of halogens is 1. The average Bonchev–Trinajstić information content (AvgIpc) is 3.34. The van der Waals surface area contributed by atoms with Gasteiger partial charge < -0.3 is 20.3 Å². The fraction of sp³-hybridized carbons (Fsp3) is 0.400. The largest absolute Gasteiger partial charge is 0.379 e. The third kappa shape index (κ3) is 4.83. The lowest BCUT2D eigenvalue weighted by Gasteiger charge is -2.30. The Hall–Kier alpha value is -3.05. The number of nitrogens with zero attached hydrogens (tertiary/aromatic N) is 2. The van der Waals surface area contributed by atoms with Crippen LogP contribution in [0.2, 0.25) is 0 Å². The van der Waals surface area contributed by atoms with Crippen LogP contribution in [-0.2, 0) is 4.74 Å². The van der Waals surface area contributed by atoms with Gasteiger partial charge in [0, 0.05) is 25.4 Å². The van der Waals surface area contributed by atoms with Crippen LogP contribution in [0.15, 0.2) is 18.3 Å². The highest BCUT2D eigenvalue weighted by Crippen LogP contribution is 2.24. The number of ether oxygens (including phenoxy) is 1. The smallest absolute Gasteiger partial charge is 0.323 e. The van der Waals surface area contributed by atoms with Crippen molar-refractivity contribution in [3.63, 3.8) is 0 Å². The minimum atomic E-state index is -0.666. The number of likely N-dealkylation sites (tertiary alicyclic amines) is 1. The van der Waals surface area contributed by atoms with E-state index in [4.69, 9.17) is 4.74 Å². The minimum absolute atomic E-state index is 0.153. The van der Waals surface area contributed by atoms with Gasteiger partial charge in [-0.15, -0.1) is 0 Å². The van der Waals surface area contributed by atoms with Crippen molar-refractivity contribution >= 4 is 40.0 Å². The van der Waals surface area contributed by atoms with Crippen molar-refractivity contribution in [2.24, 2.45) is 0 Å². The number of rotatable bonds is 5. The van der Waals surface area contributed by atoms with Crippen LogP contribution in [0.25, 0.3) is 0 Å². The second-order valence-electron chi connectivity index (χ2n) is 7.44. The fourth-order valence-corrected chi connectivity index (χ4v) is 3.90. The molecule has 0 saturated carbocycles. The Labute approximate surface area is 182 Å². The molecule has 2 aliphatic rings. The molecule has 0 spiro atoms. The first-order valence-electron chi connectivity index (χ1n) is 9.92. The summed E-state index contributed by atoms with van der Waals surface area (Å²) in [6.07, 6.45) is 3.01. The molecule has 1 atom stereocenters. The highest BCUT2D eigenvalue weighted by molar-refractivity contribution is 7.17. The van der Waals surface area contributed by atoms with Gasteiger partial charge in [-0.25, -0.2) is 14.2 Å². The van der Waals surface area contributed by atoms with Crippen molar-refractivity contribution in [3.8, 4) is 0 Å². The van der Waals surface area contributed by atoms with Crippen molar-refractivity contribution in [2.45, 2.75) is 25.8 Å². The van der Waals surface area contributed by atoms with Crippen molar-refractivity contribution in [1.82, 2.24) is 15.2 Å².